The molecule has 2 rings (SSSR count). The summed E-state index contributed by atoms with van der Waals surface area (Å²) in [6.07, 6.45) is 2.89. The van der Waals surface area contributed by atoms with Gasteiger partial charge in [0.15, 0.2) is 5.78 Å². The first-order valence-corrected chi connectivity index (χ1v) is 6.23. The van der Waals surface area contributed by atoms with Crippen LogP contribution in [0.4, 0.5) is 0 Å². The Bertz CT molecular complexity index is 354. The number of hydrogen-bond acceptors (Lipinski definition) is 3. The lowest BCUT2D eigenvalue weighted by atomic mass is 10.1. The number of ketones is 1. The van der Waals surface area contributed by atoms with Gasteiger partial charge in [0.05, 0.1) is 6.54 Å². The average Bonchev–Trinajstić information content (AvgIpc) is 2.75. The van der Waals surface area contributed by atoms with Gasteiger partial charge < -0.3 is 9.80 Å². The van der Waals surface area contributed by atoms with Crippen LogP contribution in [0.3, 0.4) is 0 Å². The van der Waals surface area contributed by atoms with E-state index in [4.69, 9.17) is 0 Å². The number of nitrogens with zero attached hydrogens (tertiary/aromatic N) is 2. The molecule has 2 aliphatic heterocycles. The van der Waals surface area contributed by atoms with Gasteiger partial charge >= 0.3 is 0 Å². The van der Waals surface area contributed by atoms with Crippen LogP contribution in [0, 0.1) is 0 Å². The quantitative estimate of drug-likeness (QED) is 0.702. The second-order valence-electron chi connectivity index (χ2n) is 4.73. The van der Waals surface area contributed by atoms with E-state index in [0.717, 1.165) is 19.3 Å². The maximum absolute atomic E-state index is 12.1. The molecule has 0 saturated carbocycles. The van der Waals surface area contributed by atoms with E-state index in [-0.39, 0.29) is 36.7 Å². The number of fused-ring (bicyclic) bond motifs is 1. The molecule has 2 fully saturated rings. The third-order valence-corrected chi connectivity index (χ3v) is 3.39. The van der Waals surface area contributed by atoms with Gasteiger partial charge in [0, 0.05) is 13.0 Å². The molecule has 0 spiro atoms. The molecule has 0 aromatic heterocycles. The Hall–Kier alpha value is -1.39. The Kier molecular flexibility index (Phi) is 3.45. The number of amides is 2. The topological polar surface area (TPSA) is 57.7 Å². The minimum Gasteiger partial charge on any atom is -0.329 e. The molecule has 2 amide bonds. The molecular weight excluding hydrogens is 220 g/mol. The van der Waals surface area contributed by atoms with Gasteiger partial charge in [-0.25, -0.2) is 0 Å². The van der Waals surface area contributed by atoms with Crippen molar-refractivity contribution in [2.45, 2.75) is 38.6 Å². The second kappa shape index (κ2) is 4.85. The maximum atomic E-state index is 12.1. The van der Waals surface area contributed by atoms with Gasteiger partial charge in [0.2, 0.25) is 11.8 Å². The largest absolute Gasteiger partial charge is 0.329 e. The lowest BCUT2D eigenvalue weighted by Gasteiger charge is -2.36. The van der Waals surface area contributed by atoms with Crippen molar-refractivity contribution < 1.29 is 14.4 Å². The molecule has 0 aromatic rings. The monoisotopic (exact) mass is 238 g/mol. The number of rotatable bonds is 4. The van der Waals surface area contributed by atoms with Crippen LogP contribution in [0.25, 0.3) is 0 Å². The van der Waals surface area contributed by atoms with Crippen molar-refractivity contribution in [3.63, 3.8) is 0 Å². The summed E-state index contributed by atoms with van der Waals surface area (Å²) >= 11 is 0. The number of hydrogen-bond donors (Lipinski definition) is 0. The summed E-state index contributed by atoms with van der Waals surface area (Å²) in [6.45, 7) is 2.79. The molecule has 5 heteroatoms. The molecule has 0 N–H and O–H groups in total. The zero-order valence-corrected chi connectivity index (χ0v) is 10.1. The number of carbonyl (C=O) groups is 3. The second-order valence-corrected chi connectivity index (χ2v) is 4.73. The highest BCUT2D eigenvalue weighted by atomic mass is 16.2. The smallest absolute Gasteiger partial charge is 0.246 e. The Morgan fingerprint density at radius 3 is 2.88 bits per heavy atom. The van der Waals surface area contributed by atoms with Crippen LogP contribution < -0.4 is 0 Å². The van der Waals surface area contributed by atoms with Crippen LogP contribution in [0.1, 0.15) is 32.6 Å². The van der Waals surface area contributed by atoms with Gasteiger partial charge in [-0.1, -0.05) is 6.92 Å². The molecule has 0 bridgehead atoms. The van der Waals surface area contributed by atoms with Crippen LogP contribution in [0.5, 0.6) is 0 Å². The van der Waals surface area contributed by atoms with Crippen molar-refractivity contribution in [3.8, 4) is 0 Å². The van der Waals surface area contributed by atoms with Gasteiger partial charge in [-0.05, 0) is 19.3 Å². The van der Waals surface area contributed by atoms with Crippen molar-refractivity contribution in [1.29, 1.82) is 0 Å². The van der Waals surface area contributed by atoms with Crippen molar-refractivity contribution >= 4 is 17.6 Å². The highest BCUT2D eigenvalue weighted by Gasteiger charge is 2.42. The maximum Gasteiger partial charge on any atom is 0.246 e. The fourth-order valence-corrected chi connectivity index (χ4v) is 2.57. The van der Waals surface area contributed by atoms with Crippen LogP contribution in [0.15, 0.2) is 0 Å². The summed E-state index contributed by atoms with van der Waals surface area (Å²) in [5.74, 6) is -0.0250. The molecule has 0 radical (unpaired) electrons. The predicted octanol–water partition coefficient (Wildman–Crippen LogP) is 0.189. The van der Waals surface area contributed by atoms with E-state index in [9.17, 15) is 14.4 Å². The summed E-state index contributed by atoms with van der Waals surface area (Å²) in [5.41, 5.74) is 0. The molecule has 94 valence electrons. The van der Waals surface area contributed by atoms with Crippen molar-refractivity contribution in [3.05, 3.63) is 0 Å². The van der Waals surface area contributed by atoms with Gasteiger partial charge in [0.25, 0.3) is 0 Å². The van der Waals surface area contributed by atoms with Crippen molar-refractivity contribution in [2.24, 2.45) is 0 Å². The minimum absolute atomic E-state index is 0.0172. The highest BCUT2D eigenvalue weighted by molar-refractivity contribution is 5.97. The Balaban J connectivity index is 2.02. The van der Waals surface area contributed by atoms with Crippen LogP contribution in [-0.4, -0.2) is 53.1 Å². The van der Waals surface area contributed by atoms with Crippen molar-refractivity contribution in [1.82, 2.24) is 9.80 Å². The van der Waals surface area contributed by atoms with E-state index in [1.807, 2.05) is 6.92 Å². The number of Topliss-reactive ketones (excluding diaryl/α,β-unsaturated/α-hetero) is 1. The van der Waals surface area contributed by atoms with E-state index < -0.39 is 0 Å². The van der Waals surface area contributed by atoms with Crippen LogP contribution in [0.2, 0.25) is 0 Å². The molecule has 1 atom stereocenters. The molecule has 5 nitrogen and oxygen atoms in total. The fraction of sp³-hybridized carbons (Fsp3) is 0.750. The van der Waals surface area contributed by atoms with Gasteiger partial charge in [-0.15, -0.1) is 0 Å². The third-order valence-electron chi connectivity index (χ3n) is 3.39. The van der Waals surface area contributed by atoms with E-state index in [2.05, 4.69) is 0 Å². The van der Waals surface area contributed by atoms with E-state index in [1.165, 1.54) is 4.90 Å². The van der Waals surface area contributed by atoms with E-state index >= 15 is 0 Å². The first-order chi connectivity index (χ1) is 8.13. The molecular formula is C12H18N2O3. The SMILES string of the molecule is CCCC(=O)CN1CC(=O)N2CCCC2C1=O. The zero-order chi connectivity index (χ0) is 12.4. The third kappa shape index (κ3) is 2.33. The molecule has 2 saturated heterocycles. The Morgan fingerprint density at radius 1 is 1.41 bits per heavy atom. The van der Waals surface area contributed by atoms with Crippen LogP contribution >= 0.6 is 0 Å². The summed E-state index contributed by atoms with van der Waals surface area (Å²) in [4.78, 5) is 38.5. The fourth-order valence-electron chi connectivity index (χ4n) is 2.57. The molecule has 1 unspecified atom stereocenters. The van der Waals surface area contributed by atoms with E-state index in [0.29, 0.717) is 13.0 Å². The summed E-state index contributed by atoms with van der Waals surface area (Å²) in [6, 6.07) is -0.300. The summed E-state index contributed by atoms with van der Waals surface area (Å²) in [5, 5.41) is 0. The standard InChI is InChI=1S/C12H18N2O3/c1-2-4-9(15)7-13-8-11(16)14-6-3-5-10(14)12(13)17/h10H,2-8H2,1H3. The minimum atomic E-state index is -0.300. The normalized spacial score (nSPS) is 24.2. The average molecular weight is 238 g/mol. The number of piperazine rings is 1. The lowest BCUT2D eigenvalue weighted by molar-refractivity contribution is -0.154. The molecule has 0 aromatic carbocycles. The first kappa shape index (κ1) is 12.1. The van der Waals surface area contributed by atoms with Gasteiger partial charge in [-0.3, -0.25) is 14.4 Å². The van der Waals surface area contributed by atoms with Crippen LogP contribution in [-0.2, 0) is 14.4 Å². The lowest BCUT2D eigenvalue weighted by Crippen LogP contribution is -2.58. The Morgan fingerprint density at radius 2 is 2.18 bits per heavy atom. The molecule has 2 heterocycles. The summed E-state index contributed by atoms with van der Waals surface area (Å²) < 4.78 is 0. The highest BCUT2D eigenvalue weighted by Crippen LogP contribution is 2.23. The van der Waals surface area contributed by atoms with E-state index in [1.54, 1.807) is 4.90 Å². The molecule has 0 aliphatic carbocycles. The summed E-state index contributed by atoms with van der Waals surface area (Å²) in [7, 11) is 0. The Labute approximate surface area is 101 Å². The van der Waals surface area contributed by atoms with Crippen molar-refractivity contribution in [2.75, 3.05) is 19.6 Å². The molecule has 17 heavy (non-hydrogen) atoms. The zero-order valence-electron chi connectivity index (χ0n) is 10.1. The van der Waals surface area contributed by atoms with Gasteiger partial charge in [-0.2, -0.15) is 0 Å². The first-order valence-electron chi connectivity index (χ1n) is 6.23. The van der Waals surface area contributed by atoms with Gasteiger partial charge in [0.1, 0.15) is 12.6 Å². The predicted molar refractivity (Wildman–Crippen MR) is 61.2 cm³/mol. The molecule has 2 aliphatic rings. The number of carbonyl (C=O) groups excluding carboxylic acids is 3.